The molecule has 6 nitrogen and oxygen atoms in total. The molecule has 2 aliphatic rings. The summed E-state index contributed by atoms with van der Waals surface area (Å²) in [7, 11) is 0. The number of rotatable bonds is 4. The van der Waals surface area contributed by atoms with Crippen molar-refractivity contribution in [3.63, 3.8) is 0 Å². The third kappa shape index (κ3) is 3.52. The van der Waals surface area contributed by atoms with Gasteiger partial charge in [-0.15, -0.1) is 0 Å². The summed E-state index contributed by atoms with van der Waals surface area (Å²) in [5.41, 5.74) is 3.30. The van der Waals surface area contributed by atoms with Gasteiger partial charge in [0.25, 0.3) is 0 Å². The summed E-state index contributed by atoms with van der Waals surface area (Å²) in [5, 5.41) is 3.07. The number of H-pyrrole nitrogens is 1. The lowest BCUT2D eigenvalue weighted by Gasteiger charge is -2.20. The maximum atomic E-state index is 12.5. The number of fused-ring (bicyclic) bond motifs is 1. The second-order valence-corrected chi connectivity index (χ2v) is 7.12. The normalized spacial score (nSPS) is 19.7. The Labute approximate surface area is 148 Å². The maximum absolute atomic E-state index is 12.5. The molecule has 25 heavy (non-hydrogen) atoms. The number of aromatic amines is 1. The van der Waals surface area contributed by atoms with Crippen LogP contribution in [-0.4, -0.2) is 33.9 Å². The van der Waals surface area contributed by atoms with Crippen LogP contribution in [0.1, 0.15) is 42.0 Å². The Morgan fingerprint density at radius 1 is 1.36 bits per heavy atom. The molecule has 1 atom stereocenters. The lowest BCUT2D eigenvalue weighted by molar-refractivity contribution is -0.125. The molecule has 2 aromatic heterocycles. The molecule has 0 spiro atoms. The van der Waals surface area contributed by atoms with Gasteiger partial charge in [0.2, 0.25) is 5.91 Å². The fourth-order valence-corrected chi connectivity index (χ4v) is 3.84. The first-order valence-corrected chi connectivity index (χ1v) is 9.21. The monoisotopic (exact) mass is 339 g/mol. The maximum Gasteiger partial charge on any atom is 0.223 e. The van der Waals surface area contributed by atoms with Crippen LogP contribution in [0.3, 0.4) is 0 Å². The summed E-state index contributed by atoms with van der Waals surface area (Å²) in [6, 6.07) is 4.13. The topological polar surface area (TPSA) is 73.9 Å². The number of pyridine rings is 1. The highest BCUT2D eigenvalue weighted by Crippen LogP contribution is 2.24. The lowest BCUT2D eigenvalue weighted by Crippen LogP contribution is -2.33. The van der Waals surface area contributed by atoms with Crippen LogP contribution in [0.25, 0.3) is 0 Å². The molecule has 6 heteroatoms. The van der Waals surface area contributed by atoms with Gasteiger partial charge in [-0.2, -0.15) is 0 Å². The van der Waals surface area contributed by atoms with Crippen LogP contribution in [-0.2, 0) is 24.2 Å². The number of carbonyl (C=O) groups is 1. The Balaban J connectivity index is 1.31. The molecule has 1 aliphatic heterocycles. The number of hydrogen-bond donors (Lipinski definition) is 2. The number of imidazole rings is 1. The van der Waals surface area contributed by atoms with Crippen LogP contribution in [0.5, 0.6) is 0 Å². The second-order valence-electron chi connectivity index (χ2n) is 7.12. The summed E-state index contributed by atoms with van der Waals surface area (Å²) in [4.78, 5) is 27.1. The van der Waals surface area contributed by atoms with Crippen LogP contribution >= 0.6 is 0 Å². The fourth-order valence-electron chi connectivity index (χ4n) is 3.84. The molecule has 4 rings (SSSR count). The average molecular weight is 339 g/mol. The van der Waals surface area contributed by atoms with Gasteiger partial charge in [-0.3, -0.25) is 4.79 Å². The number of nitrogens with zero attached hydrogens (tertiary/aromatic N) is 3. The van der Waals surface area contributed by atoms with E-state index in [4.69, 9.17) is 0 Å². The summed E-state index contributed by atoms with van der Waals surface area (Å²) >= 11 is 0. The van der Waals surface area contributed by atoms with Crippen molar-refractivity contribution >= 4 is 11.7 Å². The Morgan fingerprint density at radius 3 is 2.96 bits per heavy atom. The Kier molecular flexibility index (Phi) is 4.42. The van der Waals surface area contributed by atoms with Crippen LogP contribution in [0.2, 0.25) is 0 Å². The Bertz CT molecular complexity index is 746. The van der Waals surface area contributed by atoms with Gasteiger partial charge in [-0.1, -0.05) is 6.07 Å². The SMILES string of the molecule is Cc1nc2c([nH]1)C[C@H](C(=O)NCc1ccc(N3CCCC3)nc1)CC2. The van der Waals surface area contributed by atoms with E-state index < -0.39 is 0 Å². The zero-order chi connectivity index (χ0) is 17.2. The molecule has 3 heterocycles. The third-order valence-corrected chi connectivity index (χ3v) is 5.24. The lowest BCUT2D eigenvalue weighted by atomic mass is 9.89. The van der Waals surface area contributed by atoms with Crippen molar-refractivity contribution in [2.75, 3.05) is 18.0 Å². The van der Waals surface area contributed by atoms with Gasteiger partial charge in [0.05, 0.1) is 5.69 Å². The van der Waals surface area contributed by atoms with Gasteiger partial charge in [0.15, 0.2) is 0 Å². The van der Waals surface area contributed by atoms with E-state index in [1.54, 1.807) is 0 Å². The van der Waals surface area contributed by atoms with Crippen molar-refractivity contribution in [2.24, 2.45) is 5.92 Å². The van der Waals surface area contributed by atoms with Crippen molar-refractivity contribution in [3.05, 3.63) is 41.1 Å². The van der Waals surface area contributed by atoms with Crippen molar-refractivity contribution in [1.82, 2.24) is 20.3 Å². The van der Waals surface area contributed by atoms with E-state index in [1.807, 2.05) is 13.1 Å². The average Bonchev–Trinajstić information content (AvgIpc) is 3.28. The molecule has 0 aromatic carbocycles. The van der Waals surface area contributed by atoms with Crippen LogP contribution in [0, 0.1) is 12.8 Å². The van der Waals surface area contributed by atoms with Gasteiger partial charge in [0.1, 0.15) is 11.6 Å². The number of amides is 1. The molecule has 0 unspecified atom stereocenters. The first-order valence-electron chi connectivity index (χ1n) is 9.21. The number of nitrogens with one attached hydrogen (secondary N) is 2. The molecule has 1 saturated heterocycles. The first kappa shape index (κ1) is 16.1. The zero-order valence-electron chi connectivity index (χ0n) is 14.7. The molecule has 0 radical (unpaired) electrons. The quantitative estimate of drug-likeness (QED) is 0.895. The van der Waals surface area contributed by atoms with Gasteiger partial charge >= 0.3 is 0 Å². The standard InChI is InChI=1S/C19H25N5O/c1-13-22-16-6-5-15(10-17(16)23-13)19(25)21-12-14-4-7-18(20-11-14)24-8-2-3-9-24/h4,7,11,15H,2-3,5-6,8-10,12H2,1H3,(H,21,25)(H,22,23)/t15-/m1/s1. The third-order valence-electron chi connectivity index (χ3n) is 5.24. The number of aryl methyl sites for hydroxylation is 2. The molecule has 1 amide bonds. The van der Waals surface area contributed by atoms with Gasteiger partial charge < -0.3 is 15.2 Å². The minimum absolute atomic E-state index is 0.0317. The largest absolute Gasteiger partial charge is 0.357 e. The summed E-state index contributed by atoms with van der Waals surface area (Å²) in [5.74, 6) is 2.14. The Morgan fingerprint density at radius 2 is 2.20 bits per heavy atom. The molecule has 2 aromatic rings. The van der Waals surface area contributed by atoms with E-state index >= 15 is 0 Å². The molecule has 0 bridgehead atoms. The molecule has 2 N–H and O–H groups in total. The van der Waals surface area contributed by atoms with Crippen LogP contribution in [0.15, 0.2) is 18.3 Å². The van der Waals surface area contributed by atoms with E-state index in [-0.39, 0.29) is 11.8 Å². The smallest absolute Gasteiger partial charge is 0.223 e. The minimum Gasteiger partial charge on any atom is -0.357 e. The second kappa shape index (κ2) is 6.86. The van der Waals surface area contributed by atoms with E-state index in [2.05, 4.69) is 37.3 Å². The van der Waals surface area contributed by atoms with Gasteiger partial charge in [-0.25, -0.2) is 9.97 Å². The molecule has 1 aliphatic carbocycles. The predicted molar refractivity (Wildman–Crippen MR) is 96.4 cm³/mol. The van der Waals surface area contributed by atoms with E-state index in [1.165, 1.54) is 12.8 Å². The van der Waals surface area contributed by atoms with Gasteiger partial charge in [-0.05, 0) is 44.2 Å². The van der Waals surface area contributed by atoms with Crippen LogP contribution < -0.4 is 10.2 Å². The van der Waals surface area contributed by atoms with Crippen LogP contribution in [0.4, 0.5) is 5.82 Å². The first-order chi connectivity index (χ1) is 12.2. The summed E-state index contributed by atoms with van der Waals surface area (Å²) in [6.45, 7) is 4.70. The van der Waals surface area contributed by atoms with Crippen molar-refractivity contribution in [3.8, 4) is 0 Å². The number of carbonyl (C=O) groups excluding carboxylic acids is 1. The Hall–Kier alpha value is -2.37. The van der Waals surface area contributed by atoms with Crippen molar-refractivity contribution in [1.29, 1.82) is 0 Å². The summed E-state index contributed by atoms with van der Waals surface area (Å²) < 4.78 is 0. The molecule has 132 valence electrons. The molecular weight excluding hydrogens is 314 g/mol. The predicted octanol–water partition coefficient (Wildman–Crippen LogP) is 2.13. The highest BCUT2D eigenvalue weighted by atomic mass is 16.1. The number of hydrogen-bond acceptors (Lipinski definition) is 4. The highest BCUT2D eigenvalue weighted by molar-refractivity contribution is 5.79. The summed E-state index contributed by atoms with van der Waals surface area (Å²) in [6.07, 6.45) is 6.88. The van der Waals surface area contributed by atoms with Gasteiger partial charge in [0, 0.05) is 43.9 Å². The number of anilines is 1. The molecule has 0 saturated carbocycles. The van der Waals surface area contributed by atoms with E-state index in [0.29, 0.717) is 6.54 Å². The van der Waals surface area contributed by atoms with Crippen molar-refractivity contribution < 1.29 is 4.79 Å². The fraction of sp³-hybridized carbons (Fsp3) is 0.526. The van der Waals surface area contributed by atoms with E-state index in [0.717, 1.165) is 60.9 Å². The molecule has 1 fully saturated rings. The highest BCUT2D eigenvalue weighted by Gasteiger charge is 2.26. The van der Waals surface area contributed by atoms with E-state index in [9.17, 15) is 4.79 Å². The number of aromatic nitrogens is 3. The molecular formula is C19H25N5O. The zero-order valence-corrected chi connectivity index (χ0v) is 14.7. The van der Waals surface area contributed by atoms with Crippen molar-refractivity contribution in [2.45, 2.75) is 45.6 Å². The minimum atomic E-state index is 0.0317.